The van der Waals surface area contributed by atoms with Crippen molar-refractivity contribution >= 4 is 11.6 Å². The molecule has 0 aliphatic rings. The Morgan fingerprint density at radius 3 is 2.47 bits per heavy atom. The van der Waals surface area contributed by atoms with Crippen molar-refractivity contribution in [2.45, 2.75) is 6.92 Å². The molecule has 19 heavy (non-hydrogen) atoms. The van der Waals surface area contributed by atoms with Crippen molar-refractivity contribution in [1.82, 2.24) is 4.90 Å². The number of amides is 1. The number of carbonyl (C=O) groups is 1. The molecule has 102 valence electrons. The van der Waals surface area contributed by atoms with E-state index in [1.807, 2.05) is 11.5 Å². The predicted molar refractivity (Wildman–Crippen MR) is 65.9 cm³/mol. The highest BCUT2D eigenvalue weighted by Crippen LogP contribution is 2.20. The number of nitrogen functional groups attached to an aromatic ring is 1. The first kappa shape index (κ1) is 14.9. The van der Waals surface area contributed by atoms with Crippen LogP contribution in [0.25, 0.3) is 0 Å². The van der Waals surface area contributed by atoms with Crippen LogP contribution in [0.15, 0.2) is 12.1 Å². The number of benzene rings is 1. The quantitative estimate of drug-likeness (QED) is 0.640. The van der Waals surface area contributed by atoms with Gasteiger partial charge in [0.05, 0.1) is 12.0 Å². The average Bonchev–Trinajstić information content (AvgIpc) is 2.37. The zero-order valence-corrected chi connectivity index (χ0v) is 10.6. The van der Waals surface area contributed by atoms with Gasteiger partial charge in [-0.2, -0.15) is 5.26 Å². The van der Waals surface area contributed by atoms with E-state index in [0.717, 1.165) is 12.1 Å². The lowest BCUT2D eigenvalue weighted by Crippen LogP contribution is -2.31. The first-order valence-electron chi connectivity index (χ1n) is 5.51. The minimum absolute atomic E-state index is 0.137. The third-order valence-electron chi connectivity index (χ3n) is 2.55. The number of hydrazine groups is 1. The summed E-state index contributed by atoms with van der Waals surface area (Å²) in [5, 5.41) is 8.66. The van der Waals surface area contributed by atoms with Gasteiger partial charge in [0, 0.05) is 19.2 Å². The van der Waals surface area contributed by atoms with Crippen molar-refractivity contribution in [3.8, 4) is 6.07 Å². The molecular weight excluding hydrogens is 254 g/mol. The lowest BCUT2D eigenvalue weighted by atomic mass is 10.1. The van der Waals surface area contributed by atoms with Gasteiger partial charge in [0.1, 0.15) is 5.69 Å². The van der Waals surface area contributed by atoms with Crippen LogP contribution in [-0.2, 0) is 0 Å². The number of halogens is 2. The van der Waals surface area contributed by atoms with Crippen molar-refractivity contribution in [1.29, 1.82) is 5.26 Å². The third-order valence-corrected chi connectivity index (χ3v) is 2.55. The molecular formula is C12H14F2N4O. The summed E-state index contributed by atoms with van der Waals surface area (Å²) in [5.74, 6) is 2.12. The summed E-state index contributed by atoms with van der Waals surface area (Å²) in [6.07, 6.45) is 0. The molecule has 0 aliphatic carbocycles. The lowest BCUT2D eigenvalue weighted by molar-refractivity contribution is 0.0784. The molecule has 0 saturated heterocycles. The van der Waals surface area contributed by atoms with E-state index < -0.39 is 23.2 Å². The maximum atomic E-state index is 13.5. The van der Waals surface area contributed by atoms with Crippen LogP contribution >= 0.6 is 0 Å². The van der Waals surface area contributed by atoms with E-state index in [-0.39, 0.29) is 18.0 Å². The zero-order chi connectivity index (χ0) is 14.6. The van der Waals surface area contributed by atoms with Crippen molar-refractivity contribution in [2.24, 2.45) is 11.8 Å². The van der Waals surface area contributed by atoms with Gasteiger partial charge in [0.25, 0.3) is 5.91 Å². The average molecular weight is 268 g/mol. The van der Waals surface area contributed by atoms with E-state index in [0.29, 0.717) is 0 Å². The van der Waals surface area contributed by atoms with E-state index in [1.165, 1.54) is 11.9 Å². The Bertz CT molecular complexity index is 504. The maximum Gasteiger partial charge on any atom is 0.253 e. The number of carbonyl (C=O) groups excluding carboxylic acids is 1. The third kappa shape index (κ3) is 3.39. The highest BCUT2D eigenvalue weighted by atomic mass is 19.1. The smallest absolute Gasteiger partial charge is 0.253 e. The molecule has 1 unspecified atom stereocenters. The summed E-state index contributed by atoms with van der Waals surface area (Å²) in [7, 11) is 1.46. The van der Waals surface area contributed by atoms with Crippen molar-refractivity contribution < 1.29 is 13.6 Å². The molecule has 1 aromatic carbocycles. The Kier molecular flexibility index (Phi) is 4.78. The van der Waals surface area contributed by atoms with Crippen LogP contribution in [-0.4, -0.2) is 24.4 Å². The fraction of sp³-hybridized carbons (Fsp3) is 0.333. The number of nitrogens with two attached hydrogens (primary N) is 1. The largest absolute Gasteiger partial charge is 0.340 e. The van der Waals surface area contributed by atoms with Gasteiger partial charge >= 0.3 is 0 Å². The van der Waals surface area contributed by atoms with Gasteiger partial charge in [0.15, 0.2) is 11.6 Å². The van der Waals surface area contributed by atoms with Crippen LogP contribution in [0.2, 0.25) is 0 Å². The van der Waals surface area contributed by atoms with Gasteiger partial charge in [-0.05, 0) is 19.1 Å². The molecule has 1 aromatic rings. The van der Waals surface area contributed by atoms with Crippen LogP contribution in [0.5, 0.6) is 0 Å². The summed E-state index contributed by atoms with van der Waals surface area (Å²) in [6.45, 7) is 1.82. The molecule has 0 aromatic heterocycles. The van der Waals surface area contributed by atoms with Crippen molar-refractivity contribution in [3.63, 3.8) is 0 Å². The van der Waals surface area contributed by atoms with E-state index >= 15 is 0 Å². The number of rotatable bonds is 4. The van der Waals surface area contributed by atoms with E-state index in [4.69, 9.17) is 11.1 Å². The fourth-order valence-corrected chi connectivity index (χ4v) is 1.59. The molecule has 0 fully saturated rings. The second-order valence-electron chi connectivity index (χ2n) is 4.18. The van der Waals surface area contributed by atoms with E-state index in [9.17, 15) is 13.6 Å². The van der Waals surface area contributed by atoms with Crippen LogP contribution in [0, 0.1) is 28.9 Å². The zero-order valence-electron chi connectivity index (χ0n) is 10.6. The Morgan fingerprint density at radius 2 is 2.05 bits per heavy atom. The highest BCUT2D eigenvalue weighted by Gasteiger charge is 2.18. The number of nitrogens with one attached hydrogen (secondary N) is 1. The van der Waals surface area contributed by atoms with Crippen LogP contribution in [0.4, 0.5) is 14.5 Å². The molecule has 7 heteroatoms. The molecule has 0 aliphatic heterocycles. The maximum absolute atomic E-state index is 13.5. The van der Waals surface area contributed by atoms with Crippen LogP contribution in [0.1, 0.15) is 17.3 Å². The second-order valence-corrected chi connectivity index (χ2v) is 4.18. The van der Waals surface area contributed by atoms with E-state index in [1.54, 1.807) is 6.92 Å². The Labute approximate surface area is 109 Å². The Hall–Kier alpha value is -2.20. The molecule has 1 rings (SSSR count). The minimum atomic E-state index is -0.951. The number of nitriles is 1. The minimum Gasteiger partial charge on any atom is -0.340 e. The summed E-state index contributed by atoms with van der Waals surface area (Å²) < 4.78 is 26.9. The molecule has 3 N–H and O–H groups in total. The van der Waals surface area contributed by atoms with Gasteiger partial charge in [0.2, 0.25) is 0 Å². The molecule has 5 nitrogen and oxygen atoms in total. The molecule has 0 saturated carbocycles. The van der Waals surface area contributed by atoms with Crippen LogP contribution in [0.3, 0.4) is 0 Å². The standard InChI is InChI=1S/C12H14F2N4O/c1-7(5-15)6-18(2)12(19)8-3-9(13)11(17-16)10(14)4-8/h3-4,7,17H,6,16H2,1-2H3. The predicted octanol–water partition coefficient (Wildman–Crippen LogP) is 1.48. The topological polar surface area (TPSA) is 82.2 Å². The summed E-state index contributed by atoms with van der Waals surface area (Å²) in [6, 6.07) is 3.77. The summed E-state index contributed by atoms with van der Waals surface area (Å²) in [5.41, 5.74) is 1.25. The monoisotopic (exact) mass is 268 g/mol. The fourth-order valence-electron chi connectivity index (χ4n) is 1.59. The van der Waals surface area contributed by atoms with Gasteiger partial charge in [-0.1, -0.05) is 0 Å². The number of hydrogen-bond donors (Lipinski definition) is 2. The number of hydrogen-bond acceptors (Lipinski definition) is 4. The van der Waals surface area contributed by atoms with Gasteiger partial charge in [-0.3, -0.25) is 10.6 Å². The molecule has 0 radical (unpaired) electrons. The summed E-state index contributed by atoms with van der Waals surface area (Å²) in [4.78, 5) is 13.2. The summed E-state index contributed by atoms with van der Waals surface area (Å²) >= 11 is 0. The van der Waals surface area contributed by atoms with Crippen LogP contribution < -0.4 is 11.3 Å². The molecule has 0 bridgehead atoms. The van der Waals surface area contributed by atoms with Gasteiger partial charge in [-0.25, -0.2) is 8.78 Å². The Morgan fingerprint density at radius 1 is 1.53 bits per heavy atom. The normalized spacial score (nSPS) is 11.6. The molecule has 1 atom stereocenters. The molecule has 0 spiro atoms. The number of nitrogens with zero attached hydrogens (tertiary/aromatic N) is 2. The molecule has 0 heterocycles. The first-order chi connectivity index (χ1) is 8.90. The SMILES string of the molecule is CC(C#N)CN(C)C(=O)c1cc(F)c(NN)c(F)c1. The van der Waals surface area contributed by atoms with Gasteiger partial charge in [-0.15, -0.1) is 0 Å². The molecule has 1 amide bonds. The Balaban J connectivity index is 2.98. The van der Waals surface area contributed by atoms with E-state index in [2.05, 4.69) is 0 Å². The first-order valence-corrected chi connectivity index (χ1v) is 5.51. The van der Waals surface area contributed by atoms with Crippen molar-refractivity contribution in [2.75, 3.05) is 19.0 Å². The lowest BCUT2D eigenvalue weighted by Gasteiger charge is -2.18. The highest BCUT2D eigenvalue weighted by molar-refractivity contribution is 5.94. The van der Waals surface area contributed by atoms with Gasteiger partial charge < -0.3 is 10.3 Å². The number of anilines is 1. The van der Waals surface area contributed by atoms with Crippen molar-refractivity contribution in [3.05, 3.63) is 29.3 Å². The second kappa shape index (κ2) is 6.11.